The molecule has 0 radical (unpaired) electrons. The number of ether oxygens (including phenoxy) is 1. The third-order valence-corrected chi connectivity index (χ3v) is 3.86. The van der Waals surface area contributed by atoms with Gasteiger partial charge in [0.2, 0.25) is 6.10 Å². The minimum Gasteiger partial charge on any atom is -0.506 e. The lowest BCUT2D eigenvalue weighted by Gasteiger charge is -2.21. The maximum Gasteiger partial charge on any atom is 0.429 e. The number of hydrogen-bond acceptors (Lipinski definition) is 3. The van der Waals surface area contributed by atoms with Crippen molar-refractivity contribution in [2.75, 3.05) is 0 Å². The number of phenols is 1. The highest BCUT2D eigenvalue weighted by Gasteiger charge is 2.44. The number of carbonyl (C=O) groups is 1. The zero-order chi connectivity index (χ0) is 15.7. The second kappa shape index (κ2) is 6.50. The molecule has 0 saturated heterocycles. The summed E-state index contributed by atoms with van der Waals surface area (Å²) in [6.07, 6.45) is -7.15. The van der Waals surface area contributed by atoms with Crippen LogP contribution in [0.5, 0.6) is 5.75 Å². The lowest BCUT2D eigenvalue weighted by Crippen LogP contribution is -2.26. The Morgan fingerprint density at radius 2 is 1.80 bits per heavy atom. The van der Waals surface area contributed by atoms with E-state index in [2.05, 4.69) is 11.3 Å². The Bertz CT molecular complexity index is 532. The van der Waals surface area contributed by atoms with Crippen LogP contribution in [0.25, 0.3) is 0 Å². The summed E-state index contributed by atoms with van der Waals surface area (Å²) in [5.74, 6) is -1.23. The molecular weight excluding hydrogens is 503 g/mol. The summed E-state index contributed by atoms with van der Waals surface area (Å²) in [6, 6.07) is 2.25. The molecule has 1 unspecified atom stereocenters. The fraction of sp³-hybridized carbons (Fsp3) is 0.250. The van der Waals surface area contributed by atoms with E-state index in [9.17, 15) is 23.1 Å². The summed E-state index contributed by atoms with van der Waals surface area (Å²) in [5.41, 5.74) is -0.374. The van der Waals surface area contributed by atoms with Gasteiger partial charge in [-0.1, -0.05) is 6.58 Å². The summed E-state index contributed by atoms with van der Waals surface area (Å²) in [4.78, 5) is 11.3. The third-order valence-electron chi connectivity index (χ3n) is 2.21. The molecule has 0 fully saturated rings. The number of rotatable bonds is 3. The van der Waals surface area contributed by atoms with E-state index >= 15 is 0 Å². The Balaban J connectivity index is 3.25. The molecule has 0 aliphatic rings. The first-order valence-corrected chi connectivity index (χ1v) is 7.31. The van der Waals surface area contributed by atoms with E-state index in [0.717, 1.165) is 12.1 Å². The van der Waals surface area contributed by atoms with Crippen LogP contribution < -0.4 is 0 Å². The lowest BCUT2D eigenvalue weighted by atomic mass is 10.1. The van der Waals surface area contributed by atoms with E-state index in [0.29, 0.717) is 0 Å². The maximum atomic E-state index is 13.0. The quantitative estimate of drug-likeness (QED) is 0.373. The molecule has 0 bridgehead atoms. The molecule has 110 valence electrons. The first-order chi connectivity index (χ1) is 9.04. The van der Waals surface area contributed by atoms with Crippen molar-refractivity contribution >= 4 is 51.2 Å². The van der Waals surface area contributed by atoms with Gasteiger partial charge in [0.15, 0.2) is 0 Å². The molecule has 0 aliphatic carbocycles. The van der Waals surface area contributed by atoms with Crippen LogP contribution in [0.2, 0.25) is 0 Å². The van der Waals surface area contributed by atoms with Gasteiger partial charge in [0.05, 0.1) is 7.14 Å². The van der Waals surface area contributed by atoms with Gasteiger partial charge in [-0.2, -0.15) is 13.2 Å². The highest BCUT2D eigenvalue weighted by atomic mass is 127. The molecule has 0 aliphatic heterocycles. The molecule has 0 spiro atoms. The molecule has 20 heavy (non-hydrogen) atoms. The van der Waals surface area contributed by atoms with Crippen molar-refractivity contribution in [2.45, 2.75) is 19.2 Å². The smallest absolute Gasteiger partial charge is 0.429 e. The summed E-state index contributed by atoms with van der Waals surface area (Å²) in [7, 11) is 0. The number of carbonyl (C=O) groups excluding carboxylic acids is 1. The number of halogens is 5. The molecular formula is C12H9F3I2O3. The van der Waals surface area contributed by atoms with Crippen LogP contribution in [0.3, 0.4) is 0 Å². The van der Waals surface area contributed by atoms with Crippen molar-refractivity contribution in [2.24, 2.45) is 0 Å². The van der Waals surface area contributed by atoms with E-state index in [1.807, 2.05) is 0 Å². The zero-order valence-corrected chi connectivity index (χ0v) is 14.4. The Kier molecular flexibility index (Phi) is 5.70. The van der Waals surface area contributed by atoms with Crippen molar-refractivity contribution in [1.82, 2.24) is 0 Å². The fourth-order valence-electron chi connectivity index (χ4n) is 1.27. The van der Waals surface area contributed by atoms with Gasteiger partial charge in [0, 0.05) is 11.1 Å². The molecule has 1 aromatic rings. The number of hydrogen-bond donors (Lipinski definition) is 1. The van der Waals surface area contributed by atoms with Crippen molar-refractivity contribution in [3.63, 3.8) is 0 Å². The third kappa shape index (κ3) is 4.24. The minimum atomic E-state index is -4.76. The van der Waals surface area contributed by atoms with E-state index in [4.69, 9.17) is 0 Å². The van der Waals surface area contributed by atoms with Crippen LogP contribution in [0, 0.1) is 7.14 Å². The Morgan fingerprint density at radius 3 is 2.15 bits per heavy atom. The minimum absolute atomic E-state index is 0.109. The van der Waals surface area contributed by atoms with Gasteiger partial charge < -0.3 is 9.84 Å². The van der Waals surface area contributed by atoms with E-state index in [-0.39, 0.29) is 24.0 Å². The van der Waals surface area contributed by atoms with Crippen LogP contribution in [0.4, 0.5) is 13.2 Å². The predicted molar refractivity (Wildman–Crippen MR) is 83.2 cm³/mol. The summed E-state index contributed by atoms with van der Waals surface area (Å²) in [5, 5.41) is 9.57. The summed E-state index contributed by atoms with van der Waals surface area (Å²) < 4.78 is 44.0. The molecule has 1 N–H and O–H groups in total. The van der Waals surface area contributed by atoms with Crippen LogP contribution in [-0.2, 0) is 9.53 Å². The highest BCUT2D eigenvalue weighted by Crippen LogP contribution is 2.39. The monoisotopic (exact) mass is 512 g/mol. The number of benzene rings is 1. The Morgan fingerprint density at radius 1 is 1.35 bits per heavy atom. The molecule has 0 aromatic heterocycles. The Hall–Kier alpha value is -0.520. The molecule has 3 nitrogen and oxygen atoms in total. The lowest BCUT2D eigenvalue weighted by molar-refractivity contribution is -0.222. The van der Waals surface area contributed by atoms with Gasteiger partial charge >= 0.3 is 12.1 Å². The molecule has 0 saturated carbocycles. The van der Waals surface area contributed by atoms with Gasteiger partial charge in [-0.3, -0.25) is 0 Å². The van der Waals surface area contributed by atoms with Crippen molar-refractivity contribution in [3.8, 4) is 5.75 Å². The summed E-state index contributed by atoms with van der Waals surface area (Å²) in [6.45, 7) is 4.51. The highest BCUT2D eigenvalue weighted by molar-refractivity contribution is 14.1. The first-order valence-electron chi connectivity index (χ1n) is 5.15. The van der Waals surface area contributed by atoms with E-state index in [1.54, 1.807) is 45.2 Å². The molecule has 1 atom stereocenters. The number of phenolic OH excluding ortho intramolecular Hbond substituents is 1. The van der Waals surface area contributed by atoms with Crippen LogP contribution in [0.1, 0.15) is 18.6 Å². The largest absolute Gasteiger partial charge is 0.506 e. The average molecular weight is 512 g/mol. The maximum absolute atomic E-state index is 13.0. The van der Waals surface area contributed by atoms with Crippen LogP contribution in [-0.4, -0.2) is 17.3 Å². The van der Waals surface area contributed by atoms with E-state index < -0.39 is 18.2 Å². The average Bonchev–Trinajstić information content (AvgIpc) is 2.30. The van der Waals surface area contributed by atoms with Crippen molar-refractivity contribution in [1.29, 1.82) is 0 Å². The second-order valence-electron chi connectivity index (χ2n) is 3.94. The molecule has 1 aromatic carbocycles. The van der Waals surface area contributed by atoms with E-state index in [1.165, 1.54) is 6.92 Å². The van der Waals surface area contributed by atoms with Crippen molar-refractivity contribution < 1.29 is 27.8 Å². The van der Waals surface area contributed by atoms with Gasteiger partial charge in [-0.05, 0) is 64.2 Å². The zero-order valence-electron chi connectivity index (χ0n) is 10.1. The van der Waals surface area contributed by atoms with Gasteiger partial charge in [-0.25, -0.2) is 4.79 Å². The second-order valence-corrected chi connectivity index (χ2v) is 6.26. The normalized spacial score (nSPS) is 12.9. The SMILES string of the molecule is C=C(C)C(=O)OC(c1cc(I)c(O)c(I)c1)C(F)(F)F. The number of alkyl halides is 3. The van der Waals surface area contributed by atoms with Gasteiger partial charge in [0.1, 0.15) is 5.75 Å². The topological polar surface area (TPSA) is 46.5 Å². The standard InChI is InChI=1S/C12H9F3I2O3/c1-5(2)11(19)20-10(12(13,14)15)6-3-7(16)9(18)8(17)4-6/h3-4,10,18H,1H2,2H3. The predicted octanol–water partition coefficient (Wildman–Crippen LogP) is 4.32. The fourth-order valence-corrected chi connectivity index (χ4v) is 3.08. The van der Waals surface area contributed by atoms with Crippen molar-refractivity contribution in [3.05, 3.63) is 37.0 Å². The Labute approximate surface area is 140 Å². The van der Waals surface area contributed by atoms with Crippen LogP contribution >= 0.6 is 45.2 Å². The number of esters is 1. The first kappa shape index (κ1) is 17.5. The number of aromatic hydroxyl groups is 1. The molecule has 0 heterocycles. The van der Waals surface area contributed by atoms with Gasteiger partial charge in [-0.15, -0.1) is 0 Å². The van der Waals surface area contributed by atoms with Gasteiger partial charge in [0.25, 0.3) is 0 Å². The summed E-state index contributed by atoms with van der Waals surface area (Å²) >= 11 is 3.41. The molecule has 0 amide bonds. The molecule has 1 rings (SSSR count). The van der Waals surface area contributed by atoms with Crippen LogP contribution in [0.15, 0.2) is 24.3 Å². The molecule has 8 heteroatoms.